The van der Waals surface area contributed by atoms with Crippen molar-refractivity contribution in [2.24, 2.45) is 5.73 Å². The lowest BCUT2D eigenvalue weighted by Gasteiger charge is -2.32. The van der Waals surface area contributed by atoms with Crippen molar-refractivity contribution in [2.75, 3.05) is 25.1 Å². The number of hydrogen-bond acceptors (Lipinski definition) is 6. The van der Waals surface area contributed by atoms with Crippen molar-refractivity contribution < 1.29 is 14.6 Å². The number of hydrogen-bond donors (Lipinski definition) is 3. The Labute approximate surface area is 138 Å². The molecule has 0 unspecified atom stereocenters. The number of nitrogens with two attached hydrogens (primary N) is 1. The molecule has 1 amide bonds. The van der Waals surface area contributed by atoms with Crippen LogP contribution in [0.2, 0.25) is 0 Å². The molecule has 0 atom stereocenters. The number of ether oxygens (including phenoxy) is 1. The number of nitrogens with one attached hydrogen (secondary N) is 1. The third-order valence-corrected chi connectivity index (χ3v) is 4.71. The molecule has 0 saturated carbocycles. The number of aromatic nitrogens is 1. The van der Waals surface area contributed by atoms with Gasteiger partial charge in [-0.1, -0.05) is 18.2 Å². The number of rotatable bonds is 4. The van der Waals surface area contributed by atoms with Gasteiger partial charge in [-0.15, -0.1) is 11.3 Å². The predicted molar refractivity (Wildman–Crippen MR) is 89.2 cm³/mol. The van der Waals surface area contributed by atoms with Crippen molar-refractivity contribution in [3.05, 3.63) is 35.2 Å². The Hall–Kier alpha value is -1.80. The van der Waals surface area contributed by atoms with Gasteiger partial charge in [-0.2, -0.15) is 0 Å². The maximum absolute atomic E-state index is 11.3. The zero-order valence-corrected chi connectivity index (χ0v) is 13.4. The average molecular weight is 333 g/mol. The molecule has 2 aromatic rings. The monoisotopic (exact) mass is 333 g/mol. The highest BCUT2D eigenvalue weighted by Gasteiger charge is 2.31. The molecule has 4 N–H and O–H groups in total. The molecular formula is C16H19N3O3S. The molecule has 1 fully saturated rings. The van der Waals surface area contributed by atoms with Gasteiger partial charge in [0.15, 0.2) is 5.13 Å². The van der Waals surface area contributed by atoms with E-state index in [0.29, 0.717) is 31.2 Å². The molecule has 1 aliphatic heterocycles. The molecule has 0 bridgehead atoms. The third kappa shape index (κ3) is 3.59. The van der Waals surface area contributed by atoms with Gasteiger partial charge in [0.2, 0.25) is 5.91 Å². The maximum Gasteiger partial charge on any atom is 0.239 e. The average Bonchev–Trinajstić information content (AvgIpc) is 3.04. The van der Waals surface area contributed by atoms with Crippen LogP contribution in [0, 0.1) is 0 Å². The van der Waals surface area contributed by atoms with Crippen LogP contribution in [-0.4, -0.2) is 35.8 Å². The molecule has 6 nitrogen and oxygen atoms in total. The van der Waals surface area contributed by atoms with Gasteiger partial charge in [-0.3, -0.25) is 4.79 Å². The lowest BCUT2D eigenvalue weighted by molar-refractivity contribution is -0.114. The van der Waals surface area contributed by atoms with E-state index in [0.717, 1.165) is 16.8 Å². The van der Waals surface area contributed by atoms with Gasteiger partial charge in [0.05, 0.1) is 17.8 Å². The van der Waals surface area contributed by atoms with E-state index in [9.17, 15) is 9.90 Å². The van der Waals surface area contributed by atoms with Crippen LogP contribution in [0.5, 0.6) is 0 Å². The van der Waals surface area contributed by atoms with Crippen molar-refractivity contribution in [1.82, 2.24) is 4.98 Å². The minimum Gasteiger partial charge on any atom is -0.385 e. The summed E-state index contributed by atoms with van der Waals surface area (Å²) in [5, 5.41) is 15.8. The summed E-state index contributed by atoms with van der Waals surface area (Å²) in [5.41, 5.74) is 6.98. The summed E-state index contributed by atoms with van der Waals surface area (Å²) in [6.07, 6.45) is 1.18. The van der Waals surface area contributed by atoms with E-state index in [2.05, 4.69) is 10.3 Å². The second-order valence-corrected chi connectivity index (χ2v) is 6.37. The van der Waals surface area contributed by atoms with Crippen LogP contribution in [0.3, 0.4) is 0 Å². The van der Waals surface area contributed by atoms with E-state index in [1.54, 1.807) is 0 Å². The van der Waals surface area contributed by atoms with Gasteiger partial charge in [-0.05, 0) is 11.6 Å². The van der Waals surface area contributed by atoms with Crippen molar-refractivity contribution in [3.63, 3.8) is 0 Å². The quantitative estimate of drug-likeness (QED) is 0.791. The number of benzene rings is 1. The molecule has 23 heavy (non-hydrogen) atoms. The largest absolute Gasteiger partial charge is 0.385 e. The van der Waals surface area contributed by atoms with Gasteiger partial charge in [0.25, 0.3) is 0 Å². The van der Waals surface area contributed by atoms with Gasteiger partial charge >= 0.3 is 0 Å². The smallest absolute Gasteiger partial charge is 0.239 e. The van der Waals surface area contributed by atoms with Gasteiger partial charge in [0, 0.05) is 37.0 Å². The van der Waals surface area contributed by atoms with Crippen molar-refractivity contribution in [3.8, 4) is 11.3 Å². The lowest BCUT2D eigenvalue weighted by Crippen LogP contribution is -2.33. The Bertz CT molecular complexity index is 695. The number of nitrogens with zero attached hydrogens (tertiary/aromatic N) is 1. The molecule has 1 aromatic carbocycles. The third-order valence-electron chi connectivity index (χ3n) is 3.95. The normalized spacial score (nSPS) is 17.0. The Morgan fingerprint density at radius 1 is 1.43 bits per heavy atom. The van der Waals surface area contributed by atoms with Gasteiger partial charge < -0.3 is 20.9 Å². The summed E-state index contributed by atoms with van der Waals surface area (Å²) >= 11 is 1.35. The number of anilines is 1. The van der Waals surface area contributed by atoms with Crippen LogP contribution >= 0.6 is 11.3 Å². The van der Waals surface area contributed by atoms with Crippen LogP contribution in [0.25, 0.3) is 11.3 Å². The van der Waals surface area contributed by atoms with E-state index < -0.39 is 5.60 Å². The van der Waals surface area contributed by atoms with E-state index in [1.807, 2.05) is 29.6 Å². The van der Waals surface area contributed by atoms with E-state index in [-0.39, 0.29) is 12.5 Å². The minimum absolute atomic E-state index is 0.0699. The number of aliphatic hydroxyl groups is 1. The Balaban J connectivity index is 1.84. The topological polar surface area (TPSA) is 97.5 Å². The second kappa shape index (κ2) is 6.76. The van der Waals surface area contributed by atoms with Crippen molar-refractivity contribution in [1.29, 1.82) is 0 Å². The number of carbonyl (C=O) groups is 1. The van der Waals surface area contributed by atoms with Crippen LogP contribution in [0.4, 0.5) is 5.13 Å². The van der Waals surface area contributed by atoms with Crippen LogP contribution < -0.4 is 11.1 Å². The maximum atomic E-state index is 11.3. The van der Waals surface area contributed by atoms with Crippen LogP contribution in [0.1, 0.15) is 18.4 Å². The Morgan fingerprint density at radius 3 is 2.96 bits per heavy atom. The summed E-state index contributed by atoms with van der Waals surface area (Å²) < 4.78 is 5.33. The summed E-state index contributed by atoms with van der Waals surface area (Å²) in [7, 11) is 0. The molecule has 3 rings (SSSR count). The highest BCUT2D eigenvalue weighted by molar-refractivity contribution is 7.14. The minimum atomic E-state index is -0.846. The highest BCUT2D eigenvalue weighted by atomic mass is 32.1. The fourth-order valence-electron chi connectivity index (χ4n) is 2.60. The number of amides is 1. The molecule has 1 aromatic heterocycles. The molecule has 1 saturated heterocycles. The van der Waals surface area contributed by atoms with Crippen molar-refractivity contribution >= 4 is 22.4 Å². The standard InChI is InChI=1S/C16H19N3O3S/c17-9-14(20)19-15-18-13(10-23-15)11-2-1-3-12(8-11)16(21)4-6-22-7-5-16/h1-3,8,10,21H,4-7,9,17H2,(H,18,19,20). The Morgan fingerprint density at radius 2 is 2.22 bits per heavy atom. The predicted octanol–water partition coefficient (Wildman–Crippen LogP) is 1.71. The molecule has 0 radical (unpaired) electrons. The summed E-state index contributed by atoms with van der Waals surface area (Å²) in [4.78, 5) is 15.7. The lowest BCUT2D eigenvalue weighted by atomic mass is 9.85. The van der Waals surface area contributed by atoms with Crippen molar-refractivity contribution in [2.45, 2.75) is 18.4 Å². The van der Waals surface area contributed by atoms with Gasteiger partial charge in [0.1, 0.15) is 0 Å². The molecule has 1 aliphatic rings. The molecule has 0 aliphatic carbocycles. The fraction of sp³-hybridized carbons (Fsp3) is 0.375. The fourth-order valence-corrected chi connectivity index (χ4v) is 3.34. The zero-order valence-electron chi connectivity index (χ0n) is 12.6. The molecule has 122 valence electrons. The molecular weight excluding hydrogens is 314 g/mol. The first-order valence-electron chi connectivity index (χ1n) is 7.47. The summed E-state index contributed by atoms with van der Waals surface area (Å²) in [6, 6.07) is 7.73. The summed E-state index contributed by atoms with van der Waals surface area (Å²) in [5.74, 6) is -0.267. The SMILES string of the molecule is NCC(=O)Nc1nc(-c2cccc(C3(O)CCOCC3)c2)cs1. The first-order valence-corrected chi connectivity index (χ1v) is 8.35. The summed E-state index contributed by atoms with van der Waals surface area (Å²) in [6.45, 7) is 1.05. The molecule has 2 heterocycles. The number of thiazole rings is 1. The highest BCUT2D eigenvalue weighted by Crippen LogP contribution is 2.34. The molecule has 0 spiro atoms. The first-order chi connectivity index (χ1) is 11.1. The van der Waals surface area contributed by atoms with Crippen LogP contribution in [-0.2, 0) is 15.1 Å². The zero-order chi connectivity index (χ0) is 16.3. The van der Waals surface area contributed by atoms with E-state index in [4.69, 9.17) is 10.5 Å². The number of carbonyl (C=O) groups excluding carboxylic acids is 1. The second-order valence-electron chi connectivity index (χ2n) is 5.51. The van der Waals surface area contributed by atoms with E-state index >= 15 is 0 Å². The molecule has 7 heteroatoms. The van der Waals surface area contributed by atoms with Crippen LogP contribution in [0.15, 0.2) is 29.6 Å². The van der Waals surface area contributed by atoms with Gasteiger partial charge in [-0.25, -0.2) is 4.98 Å². The first kappa shape index (κ1) is 16.1. The van der Waals surface area contributed by atoms with E-state index in [1.165, 1.54) is 11.3 Å². The Kier molecular flexibility index (Phi) is 4.72.